The number of carbonyl (C=O) groups is 2. The fraction of sp³-hybridized carbons (Fsp3) is 0.481. The van der Waals surface area contributed by atoms with Crippen LogP contribution in [0.3, 0.4) is 0 Å². The Kier molecular flexibility index (Phi) is 11.2. The Balaban J connectivity index is 2.15. The summed E-state index contributed by atoms with van der Waals surface area (Å²) in [6.45, 7) is 8.17. The summed E-state index contributed by atoms with van der Waals surface area (Å²) in [6.07, 6.45) is 1.51. The summed E-state index contributed by atoms with van der Waals surface area (Å²) in [5, 5.41) is 2.86. The van der Waals surface area contributed by atoms with Gasteiger partial charge in [0.2, 0.25) is 21.8 Å². The summed E-state index contributed by atoms with van der Waals surface area (Å²) in [5.74, 6) is 0.867. The molecular weight excluding hydrogens is 494 g/mol. The summed E-state index contributed by atoms with van der Waals surface area (Å²) >= 11 is 0. The molecule has 0 saturated heterocycles. The topological polar surface area (TPSA) is 105 Å². The smallest absolute Gasteiger partial charge is 0.242 e. The summed E-state index contributed by atoms with van der Waals surface area (Å²) in [6, 6.07) is 13.3. The quantitative estimate of drug-likeness (QED) is 0.398. The first-order chi connectivity index (χ1) is 17.5. The first kappa shape index (κ1) is 30.0. The van der Waals surface area contributed by atoms with Crippen LogP contribution in [0.1, 0.15) is 46.1 Å². The monoisotopic (exact) mass is 533 g/mol. The second-order valence-corrected chi connectivity index (χ2v) is 11.0. The average Bonchev–Trinajstić information content (AvgIpc) is 2.84. The molecule has 0 aliphatic carbocycles. The number of nitrogens with one attached hydrogen (secondary N) is 1. The van der Waals surface area contributed by atoms with Crippen LogP contribution >= 0.6 is 0 Å². The van der Waals surface area contributed by atoms with Crippen molar-refractivity contribution in [3.05, 3.63) is 54.1 Å². The van der Waals surface area contributed by atoms with Crippen molar-refractivity contribution in [2.75, 3.05) is 30.8 Å². The highest BCUT2D eigenvalue weighted by Crippen LogP contribution is 2.23. The lowest BCUT2D eigenvalue weighted by Gasteiger charge is -2.30. The maximum Gasteiger partial charge on any atom is 0.242 e. The molecular formula is C27H39N3O6S. The van der Waals surface area contributed by atoms with E-state index in [1.807, 2.05) is 32.9 Å². The SMILES string of the molecule is CCOc1ccc(N(CCCC(=O)N(Cc2ccc(OC)cc2)C(C)C(=O)NC(C)C)S(C)(=O)=O)cc1. The lowest BCUT2D eigenvalue weighted by atomic mass is 10.1. The van der Waals surface area contributed by atoms with Crippen LogP contribution < -0.4 is 19.1 Å². The molecule has 0 radical (unpaired) electrons. The van der Waals surface area contributed by atoms with E-state index in [0.29, 0.717) is 23.8 Å². The van der Waals surface area contributed by atoms with Gasteiger partial charge >= 0.3 is 0 Å². The largest absolute Gasteiger partial charge is 0.497 e. The van der Waals surface area contributed by atoms with Gasteiger partial charge in [0.05, 0.1) is 25.7 Å². The predicted octanol–water partition coefficient (Wildman–Crippen LogP) is 3.58. The number of anilines is 1. The Hall–Kier alpha value is -3.27. The molecule has 2 aromatic carbocycles. The molecule has 37 heavy (non-hydrogen) atoms. The maximum atomic E-state index is 13.3. The molecule has 204 valence electrons. The molecule has 0 fully saturated rings. The standard InChI is InChI=1S/C27H39N3O6S/c1-7-36-25-16-12-23(13-17-25)30(37(6,33)34)18-8-9-26(31)29(21(4)27(32)28-20(2)3)19-22-10-14-24(35-5)15-11-22/h10-17,20-21H,7-9,18-19H2,1-6H3,(H,28,32). The zero-order valence-electron chi connectivity index (χ0n) is 22.6. The van der Waals surface area contributed by atoms with Gasteiger partial charge in [0, 0.05) is 25.6 Å². The Morgan fingerprint density at radius 1 is 0.973 bits per heavy atom. The van der Waals surface area contributed by atoms with Crippen molar-refractivity contribution < 1.29 is 27.5 Å². The van der Waals surface area contributed by atoms with E-state index in [9.17, 15) is 18.0 Å². The number of sulfonamides is 1. The summed E-state index contributed by atoms with van der Waals surface area (Å²) in [5.41, 5.74) is 1.35. The molecule has 2 amide bonds. The lowest BCUT2D eigenvalue weighted by Crippen LogP contribution is -2.49. The van der Waals surface area contributed by atoms with Crippen molar-refractivity contribution >= 4 is 27.5 Å². The van der Waals surface area contributed by atoms with Crippen molar-refractivity contribution in [3.63, 3.8) is 0 Å². The normalized spacial score (nSPS) is 12.1. The first-order valence-corrected chi connectivity index (χ1v) is 14.2. The van der Waals surface area contributed by atoms with Crippen molar-refractivity contribution in [2.45, 2.75) is 59.2 Å². The van der Waals surface area contributed by atoms with E-state index in [2.05, 4.69) is 5.32 Å². The van der Waals surface area contributed by atoms with Gasteiger partial charge in [-0.25, -0.2) is 8.42 Å². The molecule has 0 aliphatic rings. The number of hydrogen-bond acceptors (Lipinski definition) is 6. The van der Waals surface area contributed by atoms with E-state index < -0.39 is 16.1 Å². The van der Waals surface area contributed by atoms with Gasteiger partial charge in [0.25, 0.3) is 0 Å². The number of methoxy groups -OCH3 is 1. The summed E-state index contributed by atoms with van der Waals surface area (Å²) in [7, 11) is -1.99. The van der Waals surface area contributed by atoms with Crippen molar-refractivity contribution in [1.82, 2.24) is 10.2 Å². The number of hydrogen-bond donors (Lipinski definition) is 1. The van der Waals surface area contributed by atoms with Crippen LogP contribution in [0.25, 0.3) is 0 Å². The number of amides is 2. The van der Waals surface area contributed by atoms with Gasteiger partial charge in [-0.3, -0.25) is 13.9 Å². The van der Waals surface area contributed by atoms with Crippen LogP contribution in [0, 0.1) is 0 Å². The van der Waals surface area contributed by atoms with Crippen molar-refractivity contribution in [1.29, 1.82) is 0 Å². The van der Waals surface area contributed by atoms with Crippen LogP contribution in [0.4, 0.5) is 5.69 Å². The van der Waals surface area contributed by atoms with Gasteiger partial charge in [-0.2, -0.15) is 0 Å². The van der Waals surface area contributed by atoms with E-state index in [4.69, 9.17) is 9.47 Å². The highest BCUT2D eigenvalue weighted by molar-refractivity contribution is 7.92. The molecule has 0 saturated carbocycles. The van der Waals surface area contributed by atoms with Gasteiger partial charge in [-0.05, 0) is 76.1 Å². The van der Waals surface area contributed by atoms with E-state index in [1.165, 1.54) is 9.21 Å². The molecule has 0 aliphatic heterocycles. The zero-order chi connectivity index (χ0) is 27.6. The molecule has 2 rings (SSSR count). The minimum Gasteiger partial charge on any atom is -0.497 e. The fourth-order valence-corrected chi connectivity index (χ4v) is 4.76. The van der Waals surface area contributed by atoms with Crippen LogP contribution in [0.5, 0.6) is 11.5 Å². The highest BCUT2D eigenvalue weighted by Gasteiger charge is 2.27. The summed E-state index contributed by atoms with van der Waals surface area (Å²) in [4.78, 5) is 27.6. The number of carbonyl (C=O) groups excluding carboxylic acids is 2. The van der Waals surface area contributed by atoms with Gasteiger partial charge in [-0.1, -0.05) is 12.1 Å². The van der Waals surface area contributed by atoms with Crippen LogP contribution in [-0.4, -0.2) is 63.7 Å². The Morgan fingerprint density at radius 2 is 1.57 bits per heavy atom. The Morgan fingerprint density at radius 3 is 2.08 bits per heavy atom. The highest BCUT2D eigenvalue weighted by atomic mass is 32.2. The molecule has 1 atom stereocenters. The molecule has 0 bridgehead atoms. The molecule has 1 N–H and O–H groups in total. The lowest BCUT2D eigenvalue weighted by molar-refractivity contribution is -0.140. The second kappa shape index (κ2) is 13.9. The van der Waals surface area contributed by atoms with Crippen LogP contribution in [0.2, 0.25) is 0 Å². The predicted molar refractivity (Wildman–Crippen MR) is 145 cm³/mol. The third-order valence-electron chi connectivity index (χ3n) is 5.70. The molecule has 2 aromatic rings. The van der Waals surface area contributed by atoms with E-state index in [0.717, 1.165) is 11.8 Å². The third-order valence-corrected chi connectivity index (χ3v) is 6.89. The molecule has 0 spiro atoms. The van der Waals surface area contributed by atoms with Crippen molar-refractivity contribution in [2.24, 2.45) is 0 Å². The van der Waals surface area contributed by atoms with Gasteiger partial charge in [0.1, 0.15) is 17.5 Å². The maximum absolute atomic E-state index is 13.3. The molecule has 10 heteroatoms. The van der Waals surface area contributed by atoms with E-state index in [1.54, 1.807) is 50.4 Å². The number of nitrogens with zero attached hydrogens (tertiary/aromatic N) is 2. The second-order valence-electron chi connectivity index (χ2n) is 9.07. The fourth-order valence-electron chi connectivity index (χ4n) is 3.79. The first-order valence-electron chi connectivity index (χ1n) is 12.4. The third kappa shape index (κ3) is 9.27. The van der Waals surface area contributed by atoms with Crippen LogP contribution in [-0.2, 0) is 26.2 Å². The zero-order valence-corrected chi connectivity index (χ0v) is 23.4. The molecule has 0 aromatic heterocycles. The summed E-state index contributed by atoms with van der Waals surface area (Å²) < 4.78 is 36.9. The number of ether oxygens (including phenoxy) is 2. The van der Waals surface area contributed by atoms with E-state index >= 15 is 0 Å². The van der Waals surface area contributed by atoms with Crippen molar-refractivity contribution in [3.8, 4) is 11.5 Å². The minimum absolute atomic E-state index is 0.0645. The Labute approximate surface area is 220 Å². The number of rotatable bonds is 14. The number of benzene rings is 2. The van der Waals surface area contributed by atoms with Gasteiger partial charge in [0.15, 0.2) is 0 Å². The molecule has 9 nitrogen and oxygen atoms in total. The minimum atomic E-state index is -3.57. The Bertz CT molecular complexity index is 1120. The van der Waals surface area contributed by atoms with Gasteiger partial charge < -0.3 is 19.7 Å². The van der Waals surface area contributed by atoms with Crippen LogP contribution in [0.15, 0.2) is 48.5 Å². The average molecular weight is 534 g/mol. The molecule has 1 unspecified atom stereocenters. The van der Waals surface area contributed by atoms with Gasteiger partial charge in [-0.15, -0.1) is 0 Å². The van der Waals surface area contributed by atoms with E-state index in [-0.39, 0.29) is 43.8 Å². The molecule has 0 heterocycles.